The predicted molar refractivity (Wildman–Crippen MR) is 98.6 cm³/mol. The van der Waals surface area contributed by atoms with Crippen LogP contribution in [0.3, 0.4) is 0 Å². The number of phenols is 1. The van der Waals surface area contributed by atoms with Crippen molar-refractivity contribution in [2.45, 2.75) is 57.5 Å². The summed E-state index contributed by atoms with van der Waals surface area (Å²) in [6.45, 7) is 2.41. The van der Waals surface area contributed by atoms with E-state index in [0.29, 0.717) is 23.3 Å². The van der Waals surface area contributed by atoms with Crippen LogP contribution in [0, 0.1) is 29.3 Å². The molecule has 0 heterocycles. The molecule has 0 bridgehead atoms. The lowest BCUT2D eigenvalue weighted by Crippen LogP contribution is -2.43. The highest BCUT2D eigenvalue weighted by molar-refractivity contribution is 5.52. The Labute approximate surface area is 155 Å². The van der Waals surface area contributed by atoms with Gasteiger partial charge in [-0.15, -0.1) is 0 Å². The summed E-state index contributed by atoms with van der Waals surface area (Å²) >= 11 is 0. The summed E-state index contributed by atoms with van der Waals surface area (Å²) in [6, 6.07) is 3.96. The molecule has 5 atom stereocenters. The summed E-state index contributed by atoms with van der Waals surface area (Å²) < 4.78 is 9.87. The van der Waals surface area contributed by atoms with Gasteiger partial charge in [0.05, 0.1) is 11.7 Å². The van der Waals surface area contributed by atoms with E-state index in [1.54, 1.807) is 7.11 Å². The van der Waals surface area contributed by atoms with E-state index in [1.807, 2.05) is 6.07 Å². The quantitative estimate of drug-likeness (QED) is 0.483. The molecule has 26 heavy (non-hydrogen) atoms. The Morgan fingerprint density at radius 3 is 2.88 bits per heavy atom. The number of aliphatic hydroxyl groups is 1. The Kier molecular flexibility index (Phi) is 4.62. The van der Waals surface area contributed by atoms with Gasteiger partial charge in [-0.25, -0.2) is 0 Å². The maximum absolute atomic E-state index is 10.5. The number of ether oxygens (including phenoxy) is 2. The molecule has 1 aromatic rings. The topological polar surface area (TPSA) is 58.9 Å². The van der Waals surface area contributed by atoms with Gasteiger partial charge in [-0.1, -0.05) is 6.92 Å². The summed E-state index contributed by atoms with van der Waals surface area (Å²) in [5.41, 5.74) is 3.32. The molecule has 1 aromatic carbocycles. The number of hydrogen-bond acceptors (Lipinski definition) is 4. The van der Waals surface area contributed by atoms with Gasteiger partial charge in [-0.3, -0.25) is 0 Å². The third-order valence-electron chi connectivity index (χ3n) is 7.23. The average Bonchev–Trinajstić information content (AvgIpc) is 2.94. The predicted octanol–water partition coefficient (Wildman–Crippen LogP) is 3.54. The SMILES string of the molecule is COCOC#Cc1cc2c(cc1O)CC[C@@H]1[C@@H]2CC[C@]2(C)[C@@H](O)CC[C@@H]12. The van der Waals surface area contributed by atoms with Gasteiger partial charge in [-0.2, -0.15) is 0 Å². The van der Waals surface area contributed by atoms with Gasteiger partial charge >= 0.3 is 0 Å². The van der Waals surface area contributed by atoms with E-state index >= 15 is 0 Å². The van der Waals surface area contributed by atoms with Crippen molar-refractivity contribution in [3.05, 3.63) is 28.8 Å². The molecule has 2 fully saturated rings. The van der Waals surface area contributed by atoms with Crippen molar-refractivity contribution in [2.24, 2.45) is 17.3 Å². The van der Waals surface area contributed by atoms with Crippen molar-refractivity contribution < 1.29 is 19.7 Å². The number of phenolic OH excluding ortho intramolecular Hbond substituents is 1. The summed E-state index contributed by atoms with van der Waals surface area (Å²) in [5.74, 6) is 4.90. The second-order valence-corrected chi connectivity index (χ2v) is 8.40. The monoisotopic (exact) mass is 356 g/mol. The number of hydrogen-bond donors (Lipinski definition) is 2. The molecule has 0 spiro atoms. The van der Waals surface area contributed by atoms with Gasteiger partial charge < -0.3 is 19.7 Å². The molecule has 2 N–H and O–H groups in total. The summed E-state index contributed by atoms with van der Waals surface area (Å²) in [5, 5.41) is 20.8. The average molecular weight is 356 g/mol. The van der Waals surface area contributed by atoms with Crippen LogP contribution >= 0.6 is 0 Å². The first-order valence-corrected chi connectivity index (χ1v) is 9.70. The van der Waals surface area contributed by atoms with Gasteiger partial charge in [0.2, 0.25) is 0 Å². The Hall–Kier alpha value is -1.70. The Morgan fingerprint density at radius 2 is 2.08 bits per heavy atom. The normalized spacial score (nSPS) is 34.9. The van der Waals surface area contributed by atoms with Crippen LogP contribution in [0.15, 0.2) is 12.1 Å². The first kappa shape index (κ1) is 17.7. The van der Waals surface area contributed by atoms with E-state index in [2.05, 4.69) is 25.0 Å². The zero-order valence-electron chi connectivity index (χ0n) is 15.6. The Balaban J connectivity index is 1.64. The summed E-state index contributed by atoms with van der Waals surface area (Å²) in [6.07, 6.45) is 8.90. The first-order valence-electron chi connectivity index (χ1n) is 9.70. The molecule has 0 amide bonds. The standard InChI is InChI=1S/C22H28O4/c1-22-9-7-16-17(19(22)5-6-21(22)24)4-3-14-12-20(23)15(11-18(14)16)8-10-26-13-25-2/h11-12,16-17,19,21,23-24H,3-7,9,13H2,1-2H3/t16-,17+,19-,21-,22-/m0/s1. The maximum atomic E-state index is 10.5. The fourth-order valence-corrected chi connectivity index (χ4v) is 5.86. The summed E-state index contributed by atoms with van der Waals surface area (Å²) in [7, 11) is 1.55. The van der Waals surface area contributed by atoms with E-state index < -0.39 is 0 Å². The maximum Gasteiger partial charge on any atom is 0.199 e. The van der Waals surface area contributed by atoms with Crippen LogP contribution in [0.2, 0.25) is 0 Å². The van der Waals surface area contributed by atoms with Crippen LogP contribution < -0.4 is 0 Å². The van der Waals surface area contributed by atoms with Crippen molar-refractivity contribution in [2.75, 3.05) is 13.9 Å². The van der Waals surface area contributed by atoms with Crippen molar-refractivity contribution in [1.29, 1.82) is 0 Å². The second kappa shape index (κ2) is 6.79. The minimum Gasteiger partial charge on any atom is -0.507 e. The minimum atomic E-state index is -0.144. The van der Waals surface area contributed by atoms with Gasteiger partial charge in [-0.05, 0) is 90.9 Å². The molecule has 4 heteroatoms. The molecule has 4 rings (SSSR count). The third kappa shape index (κ3) is 2.78. The van der Waals surface area contributed by atoms with Gasteiger partial charge in [0.1, 0.15) is 11.9 Å². The van der Waals surface area contributed by atoms with Crippen LogP contribution in [0.1, 0.15) is 61.6 Å². The van der Waals surface area contributed by atoms with E-state index in [-0.39, 0.29) is 24.1 Å². The molecule has 4 nitrogen and oxygen atoms in total. The van der Waals surface area contributed by atoms with Gasteiger partial charge in [0, 0.05) is 7.11 Å². The molecule has 0 unspecified atom stereocenters. The van der Waals surface area contributed by atoms with E-state index in [9.17, 15) is 10.2 Å². The van der Waals surface area contributed by atoms with Crippen LogP contribution in [0.4, 0.5) is 0 Å². The van der Waals surface area contributed by atoms with Crippen LogP contribution in [0.25, 0.3) is 0 Å². The molecule has 0 aromatic heterocycles. The molecular formula is C22H28O4. The molecular weight excluding hydrogens is 328 g/mol. The smallest absolute Gasteiger partial charge is 0.199 e. The molecule has 140 valence electrons. The molecule has 3 aliphatic rings. The van der Waals surface area contributed by atoms with Crippen molar-refractivity contribution in [3.8, 4) is 17.8 Å². The van der Waals surface area contributed by atoms with Gasteiger partial charge in [0.25, 0.3) is 0 Å². The number of aryl methyl sites for hydroxylation is 1. The zero-order valence-corrected chi connectivity index (χ0v) is 15.6. The molecule has 0 aliphatic heterocycles. The Bertz CT molecular complexity index is 746. The number of rotatable bonds is 2. The molecule has 0 saturated heterocycles. The number of benzene rings is 1. The molecule has 3 aliphatic carbocycles. The lowest BCUT2D eigenvalue weighted by molar-refractivity contribution is -0.0226. The van der Waals surface area contributed by atoms with E-state index in [1.165, 1.54) is 11.1 Å². The zero-order chi connectivity index (χ0) is 18.3. The van der Waals surface area contributed by atoms with Gasteiger partial charge in [0.15, 0.2) is 6.79 Å². The van der Waals surface area contributed by atoms with Crippen LogP contribution in [-0.2, 0) is 15.9 Å². The second-order valence-electron chi connectivity index (χ2n) is 8.40. The number of aromatic hydroxyl groups is 1. The third-order valence-corrected chi connectivity index (χ3v) is 7.23. The van der Waals surface area contributed by atoms with Crippen LogP contribution in [0.5, 0.6) is 5.75 Å². The van der Waals surface area contributed by atoms with E-state index in [0.717, 1.165) is 38.5 Å². The fraction of sp³-hybridized carbons (Fsp3) is 0.636. The van der Waals surface area contributed by atoms with Crippen molar-refractivity contribution >= 4 is 0 Å². The van der Waals surface area contributed by atoms with Crippen molar-refractivity contribution in [3.63, 3.8) is 0 Å². The number of methoxy groups -OCH3 is 1. The molecule has 0 radical (unpaired) electrons. The lowest BCUT2D eigenvalue weighted by Gasteiger charge is -2.50. The summed E-state index contributed by atoms with van der Waals surface area (Å²) in [4.78, 5) is 0. The lowest BCUT2D eigenvalue weighted by atomic mass is 9.55. The Morgan fingerprint density at radius 1 is 1.23 bits per heavy atom. The highest BCUT2D eigenvalue weighted by Crippen LogP contribution is 2.61. The van der Waals surface area contributed by atoms with E-state index in [4.69, 9.17) is 9.47 Å². The number of fused-ring (bicyclic) bond motifs is 5. The van der Waals surface area contributed by atoms with Crippen LogP contribution in [-0.4, -0.2) is 30.2 Å². The highest BCUT2D eigenvalue weighted by atomic mass is 16.6. The fourth-order valence-electron chi connectivity index (χ4n) is 5.86. The largest absolute Gasteiger partial charge is 0.507 e. The van der Waals surface area contributed by atoms with Crippen molar-refractivity contribution in [1.82, 2.24) is 0 Å². The minimum absolute atomic E-state index is 0.0895. The molecule has 2 saturated carbocycles. The first-order chi connectivity index (χ1) is 12.5. The highest BCUT2D eigenvalue weighted by Gasteiger charge is 2.54. The number of aliphatic hydroxyl groups excluding tert-OH is 1.